The van der Waals surface area contributed by atoms with Crippen LogP contribution in [0.5, 0.6) is 0 Å². The molecule has 0 bridgehead atoms. The van der Waals surface area contributed by atoms with Crippen LogP contribution in [0, 0.1) is 0 Å². The van der Waals surface area contributed by atoms with Gasteiger partial charge in [0.15, 0.2) is 11.5 Å². The number of nitrogens with zero attached hydrogens (tertiary/aromatic N) is 2. The minimum atomic E-state index is -0.217. The number of hydrogen-bond acceptors (Lipinski definition) is 4. The van der Waals surface area contributed by atoms with Crippen LogP contribution in [-0.2, 0) is 13.1 Å². The van der Waals surface area contributed by atoms with E-state index in [0.29, 0.717) is 23.7 Å². The Morgan fingerprint density at radius 3 is 2.84 bits per heavy atom. The Hall–Kier alpha value is -2.86. The maximum atomic E-state index is 12.3. The number of H-pyrrole nitrogens is 1. The third-order valence-corrected chi connectivity index (χ3v) is 4.03. The molecule has 6 nitrogen and oxygen atoms in total. The van der Waals surface area contributed by atoms with Gasteiger partial charge < -0.3 is 14.6 Å². The predicted octanol–water partition coefficient (Wildman–Crippen LogP) is 3.05. The van der Waals surface area contributed by atoms with E-state index in [1.54, 1.807) is 18.4 Å². The van der Waals surface area contributed by atoms with Crippen molar-refractivity contribution in [2.45, 2.75) is 20.0 Å². The minimum Gasteiger partial charge on any atom is -0.463 e. The van der Waals surface area contributed by atoms with E-state index in [1.807, 2.05) is 18.2 Å². The highest BCUT2D eigenvalue weighted by Gasteiger charge is 2.12. The summed E-state index contributed by atoms with van der Waals surface area (Å²) >= 11 is 0. The van der Waals surface area contributed by atoms with E-state index in [9.17, 15) is 4.79 Å². The monoisotopic (exact) mass is 338 g/mol. The second kappa shape index (κ2) is 7.81. The number of carbonyl (C=O) groups excluding carboxylic acids is 1. The van der Waals surface area contributed by atoms with Crippen molar-refractivity contribution in [1.82, 2.24) is 20.4 Å². The Kier molecular flexibility index (Phi) is 5.30. The molecule has 25 heavy (non-hydrogen) atoms. The van der Waals surface area contributed by atoms with Crippen LogP contribution < -0.4 is 5.32 Å². The number of nitrogens with one attached hydrogen (secondary N) is 2. The highest BCUT2D eigenvalue weighted by Crippen LogP contribution is 2.17. The number of furan rings is 1. The van der Waals surface area contributed by atoms with Crippen molar-refractivity contribution in [3.63, 3.8) is 0 Å². The van der Waals surface area contributed by atoms with Gasteiger partial charge in [-0.1, -0.05) is 31.2 Å². The number of amides is 1. The van der Waals surface area contributed by atoms with Crippen LogP contribution in [0.4, 0.5) is 0 Å². The van der Waals surface area contributed by atoms with E-state index in [2.05, 4.69) is 46.5 Å². The van der Waals surface area contributed by atoms with Gasteiger partial charge in [-0.2, -0.15) is 5.10 Å². The van der Waals surface area contributed by atoms with Crippen LogP contribution in [0.25, 0.3) is 11.5 Å². The molecule has 0 saturated carbocycles. The second-order valence-corrected chi connectivity index (χ2v) is 5.98. The molecule has 0 radical (unpaired) electrons. The molecule has 2 N–H and O–H groups in total. The zero-order chi connectivity index (χ0) is 17.6. The molecule has 1 aromatic carbocycles. The predicted molar refractivity (Wildman–Crippen MR) is 95.9 cm³/mol. The zero-order valence-corrected chi connectivity index (χ0v) is 14.5. The van der Waals surface area contributed by atoms with E-state index >= 15 is 0 Å². The summed E-state index contributed by atoms with van der Waals surface area (Å²) < 4.78 is 5.29. The molecule has 1 amide bonds. The van der Waals surface area contributed by atoms with Crippen molar-refractivity contribution in [3.8, 4) is 11.5 Å². The first-order valence-electron chi connectivity index (χ1n) is 8.29. The summed E-state index contributed by atoms with van der Waals surface area (Å²) in [5.41, 5.74) is 3.32. The average Bonchev–Trinajstić information content (AvgIpc) is 3.31. The third-order valence-electron chi connectivity index (χ3n) is 4.03. The van der Waals surface area contributed by atoms with Crippen molar-refractivity contribution < 1.29 is 9.21 Å². The van der Waals surface area contributed by atoms with Gasteiger partial charge in [0.05, 0.1) is 6.26 Å². The van der Waals surface area contributed by atoms with Crippen molar-refractivity contribution in [2.75, 3.05) is 13.6 Å². The molecule has 2 heterocycles. The number of benzene rings is 1. The topological polar surface area (TPSA) is 74.2 Å². The van der Waals surface area contributed by atoms with Crippen LogP contribution in [0.15, 0.2) is 53.1 Å². The third kappa shape index (κ3) is 4.36. The summed E-state index contributed by atoms with van der Waals surface area (Å²) in [5.74, 6) is 0.435. The highest BCUT2D eigenvalue weighted by molar-refractivity contribution is 5.93. The fraction of sp³-hybridized carbons (Fsp3) is 0.263. The molecule has 0 unspecified atom stereocenters. The second-order valence-electron chi connectivity index (χ2n) is 5.98. The van der Waals surface area contributed by atoms with Gasteiger partial charge in [0.25, 0.3) is 5.91 Å². The molecule has 0 atom stereocenters. The van der Waals surface area contributed by atoms with Crippen LogP contribution >= 0.6 is 0 Å². The Bertz CT molecular complexity index is 824. The van der Waals surface area contributed by atoms with Gasteiger partial charge in [0.1, 0.15) is 5.69 Å². The van der Waals surface area contributed by atoms with Crippen LogP contribution in [0.3, 0.4) is 0 Å². The first-order valence-corrected chi connectivity index (χ1v) is 8.29. The summed E-state index contributed by atoms with van der Waals surface area (Å²) in [4.78, 5) is 14.5. The summed E-state index contributed by atoms with van der Waals surface area (Å²) in [6.45, 7) is 4.48. The summed E-state index contributed by atoms with van der Waals surface area (Å²) in [7, 11) is 2.09. The summed E-state index contributed by atoms with van der Waals surface area (Å²) in [6.07, 6.45) is 1.58. The molecular weight excluding hydrogens is 316 g/mol. The molecule has 3 rings (SSSR count). The van der Waals surface area contributed by atoms with Crippen molar-refractivity contribution >= 4 is 5.91 Å². The lowest BCUT2D eigenvalue weighted by atomic mass is 10.1. The first-order chi connectivity index (χ1) is 12.2. The van der Waals surface area contributed by atoms with E-state index < -0.39 is 0 Å². The Balaban J connectivity index is 1.60. The standard InChI is InChI=1S/C19H22N4O2/c1-3-23(2)13-15-7-4-6-14(10-15)12-20-19(24)17-11-16(21-22-17)18-8-5-9-25-18/h4-11H,3,12-13H2,1-2H3,(H,20,24)(H,21,22). The molecule has 3 aromatic rings. The zero-order valence-electron chi connectivity index (χ0n) is 14.5. The van der Waals surface area contributed by atoms with E-state index in [4.69, 9.17) is 4.42 Å². The van der Waals surface area contributed by atoms with Gasteiger partial charge in [-0.05, 0) is 36.9 Å². The van der Waals surface area contributed by atoms with Crippen molar-refractivity contribution in [1.29, 1.82) is 0 Å². The van der Waals surface area contributed by atoms with Gasteiger partial charge in [-0.25, -0.2) is 0 Å². The Morgan fingerprint density at radius 2 is 2.08 bits per heavy atom. The lowest BCUT2D eigenvalue weighted by molar-refractivity contribution is 0.0946. The molecule has 0 saturated heterocycles. The summed E-state index contributed by atoms with van der Waals surface area (Å²) in [5, 5.41) is 9.77. The van der Waals surface area contributed by atoms with Crippen LogP contribution in [0.2, 0.25) is 0 Å². The van der Waals surface area contributed by atoms with Gasteiger partial charge in [0, 0.05) is 19.2 Å². The number of rotatable bonds is 7. The number of carbonyl (C=O) groups is 1. The summed E-state index contributed by atoms with van der Waals surface area (Å²) in [6, 6.07) is 13.5. The molecule has 6 heteroatoms. The lowest BCUT2D eigenvalue weighted by Crippen LogP contribution is -2.23. The van der Waals surface area contributed by atoms with Crippen LogP contribution in [-0.4, -0.2) is 34.6 Å². The maximum absolute atomic E-state index is 12.3. The fourth-order valence-corrected chi connectivity index (χ4v) is 2.53. The molecule has 2 aromatic heterocycles. The first kappa shape index (κ1) is 17.0. The normalized spacial score (nSPS) is 11.0. The van der Waals surface area contributed by atoms with Gasteiger partial charge in [0.2, 0.25) is 0 Å². The average molecular weight is 338 g/mol. The highest BCUT2D eigenvalue weighted by atomic mass is 16.3. The number of aromatic nitrogens is 2. The van der Waals surface area contributed by atoms with Crippen molar-refractivity contribution in [3.05, 3.63) is 65.5 Å². The maximum Gasteiger partial charge on any atom is 0.272 e. The molecular formula is C19H22N4O2. The molecule has 0 aliphatic heterocycles. The lowest BCUT2D eigenvalue weighted by Gasteiger charge is -2.14. The molecule has 0 fully saturated rings. The largest absolute Gasteiger partial charge is 0.463 e. The van der Waals surface area contributed by atoms with Gasteiger partial charge in [-0.15, -0.1) is 0 Å². The smallest absolute Gasteiger partial charge is 0.272 e. The van der Waals surface area contributed by atoms with Crippen LogP contribution in [0.1, 0.15) is 28.5 Å². The number of aromatic amines is 1. The van der Waals surface area contributed by atoms with E-state index in [0.717, 1.165) is 18.7 Å². The van der Waals surface area contributed by atoms with Gasteiger partial charge in [-0.3, -0.25) is 9.89 Å². The Morgan fingerprint density at radius 1 is 1.24 bits per heavy atom. The quantitative estimate of drug-likeness (QED) is 0.694. The van der Waals surface area contributed by atoms with Crippen molar-refractivity contribution in [2.24, 2.45) is 0 Å². The fourth-order valence-electron chi connectivity index (χ4n) is 2.53. The Labute approximate surface area is 146 Å². The van der Waals surface area contributed by atoms with E-state index in [-0.39, 0.29) is 5.91 Å². The molecule has 130 valence electrons. The molecule has 0 aliphatic rings. The molecule has 0 aliphatic carbocycles. The minimum absolute atomic E-state index is 0.217. The number of hydrogen-bond donors (Lipinski definition) is 2. The van der Waals surface area contributed by atoms with Gasteiger partial charge >= 0.3 is 0 Å². The van der Waals surface area contributed by atoms with E-state index in [1.165, 1.54) is 5.56 Å². The SMILES string of the molecule is CCN(C)Cc1cccc(CNC(=O)c2cc(-c3ccco3)[nH]n2)c1. The molecule has 0 spiro atoms.